The third-order valence-electron chi connectivity index (χ3n) is 6.65. The summed E-state index contributed by atoms with van der Waals surface area (Å²) in [6.07, 6.45) is 2.82. The Morgan fingerprint density at radius 3 is 1.86 bits per heavy atom. The number of carboxylic acids is 2. The maximum atomic E-state index is 13.2. The van der Waals surface area contributed by atoms with Crippen LogP contribution in [0.5, 0.6) is 0 Å². The van der Waals surface area contributed by atoms with E-state index in [0.29, 0.717) is 16.8 Å². The normalized spacial score (nSPS) is 13.9. The van der Waals surface area contributed by atoms with E-state index >= 15 is 0 Å². The van der Waals surface area contributed by atoms with Crippen LogP contribution in [0.3, 0.4) is 0 Å². The van der Waals surface area contributed by atoms with Crippen molar-refractivity contribution in [1.29, 1.82) is 5.26 Å². The fraction of sp³-hybridized carbons (Fsp3) is 0.0294. The largest absolute Gasteiger partial charge is 0.477 e. The lowest BCUT2D eigenvalue weighted by atomic mass is 10.1. The van der Waals surface area contributed by atoms with E-state index in [1.807, 2.05) is 60.4 Å². The van der Waals surface area contributed by atoms with Crippen molar-refractivity contribution in [2.75, 3.05) is 9.91 Å². The molecule has 0 unspecified atom stereocenters. The lowest BCUT2D eigenvalue weighted by Gasteiger charge is -2.26. The van der Waals surface area contributed by atoms with Crippen molar-refractivity contribution < 1.29 is 24.6 Å². The Morgan fingerprint density at radius 1 is 0.814 bits per heavy atom. The fourth-order valence-electron chi connectivity index (χ4n) is 4.50. The number of nitrogens with zero attached hydrogens (tertiary/aromatic N) is 4. The van der Waals surface area contributed by atoms with Gasteiger partial charge in [-0.1, -0.05) is 60.2 Å². The highest BCUT2D eigenvalue weighted by Gasteiger charge is 2.35. The highest BCUT2D eigenvalue weighted by molar-refractivity contribution is 6.53. The van der Waals surface area contributed by atoms with Crippen LogP contribution in [0.4, 0.5) is 22.7 Å². The molecule has 2 N–H and O–H groups in total. The highest BCUT2D eigenvalue weighted by atomic mass is 16.4. The molecule has 5 rings (SSSR count). The molecule has 1 aliphatic heterocycles. The molecule has 0 saturated heterocycles. The first-order chi connectivity index (χ1) is 20.7. The molecule has 0 fully saturated rings. The molecule has 0 atom stereocenters. The molecule has 0 radical (unpaired) electrons. The van der Waals surface area contributed by atoms with Crippen LogP contribution in [0.2, 0.25) is 0 Å². The molecule has 9 heteroatoms. The van der Waals surface area contributed by atoms with Gasteiger partial charge in [0, 0.05) is 17.1 Å². The highest BCUT2D eigenvalue weighted by Crippen LogP contribution is 2.35. The number of rotatable bonds is 8. The summed E-state index contributed by atoms with van der Waals surface area (Å²) in [6, 6.07) is 32.6. The summed E-state index contributed by atoms with van der Waals surface area (Å²) < 4.78 is 0. The number of hydrogen-bond donors (Lipinski definition) is 2. The number of amides is 1. The van der Waals surface area contributed by atoms with Crippen LogP contribution in [-0.2, 0) is 14.4 Å². The Balaban J connectivity index is 1.49. The number of aliphatic carboxylic acids is 2. The van der Waals surface area contributed by atoms with E-state index in [-0.39, 0.29) is 16.9 Å². The van der Waals surface area contributed by atoms with Gasteiger partial charge in [-0.15, -0.1) is 0 Å². The van der Waals surface area contributed by atoms with Gasteiger partial charge in [0.25, 0.3) is 5.91 Å². The van der Waals surface area contributed by atoms with Crippen molar-refractivity contribution >= 4 is 58.5 Å². The zero-order chi connectivity index (χ0) is 30.5. The summed E-state index contributed by atoms with van der Waals surface area (Å²) in [5.41, 5.74) is 4.44. The second-order valence-electron chi connectivity index (χ2n) is 9.59. The summed E-state index contributed by atoms with van der Waals surface area (Å²) in [5.74, 6) is -3.13. The molecule has 0 bridgehead atoms. The third kappa shape index (κ3) is 6.09. The van der Waals surface area contributed by atoms with Crippen LogP contribution in [0, 0.1) is 18.3 Å². The van der Waals surface area contributed by atoms with Gasteiger partial charge in [0.1, 0.15) is 11.6 Å². The Hall–Kier alpha value is -6.27. The number of para-hydroxylation sites is 1. The summed E-state index contributed by atoms with van der Waals surface area (Å²) in [7, 11) is 0. The van der Waals surface area contributed by atoms with E-state index in [4.69, 9.17) is 5.26 Å². The van der Waals surface area contributed by atoms with Gasteiger partial charge >= 0.3 is 11.9 Å². The second-order valence-corrected chi connectivity index (χ2v) is 9.59. The van der Waals surface area contributed by atoms with Gasteiger partial charge in [-0.3, -0.25) is 4.79 Å². The van der Waals surface area contributed by atoms with Gasteiger partial charge in [0.15, 0.2) is 5.71 Å². The minimum atomic E-state index is -1.30. The zero-order valence-corrected chi connectivity index (χ0v) is 22.9. The van der Waals surface area contributed by atoms with E-state index < -0.39 is 17.8 Å². The van der Waals surface area contributed by atoms with Crippen molar-refractivity contribution in [1.82, 2.24) is 0 Å². The molecule has 1 heterocycles. The first-order valence-corrected chi connectivity index (χ1v) is 13.1. The average molecular weight is 569 g/mol. The molecule has 9 nitrogen and oxygen atoms in total. The van der Waals surface area contributed by atoms with Crippen LogP contribution in [0.25, 0.3) is 12.2 Å². The quantitative estimate of drug-likeness (QED) is 0.187. The van der Waals surface area contributed by atoms with Crippen LogP contribution in [0.15, 0.2) is 119 Å². The van der Waals surface area contributed by atoms with Crippen LogP contribution >= 0.6 is 0 Å². The number of aryl methyl sites for hydroxylation is 1. The van der Waals surface area contributed by atoms with Crippen LogP contribution in [0.1, 0.15) is 16.7 Å². The molecule has 43 heavy (non-hydrogen) atoms. The van der Waals surface area contributed by atoms with Gasteiger partial charge < -0.3 is 15.1 Å². The maximum absolute atomic E-state index is 13.2. The van der Waals surface area contributed by atoms with Gasteiger partial charge in [0.05, 0.1) is 11.3 Å². The monoisotopic (exact) mass is 568 g/mol. The van der Waals surface area contributed by atoms with E-state index in [1.54, 1.807) is 60.7 Å². The first-order valence-electron chi connectivity index (χ1n) is 13.1. The molecule has 0 spiro atoms. The number of benzene rings is 4. The van der Waals surface area contributed by atoms with Crippen LogP contribution in [-0.4, -0.2) is 33.8 Å². The molecule has 4 aromatic rings. The molecule has 0 aromatic heterocycles. The number of hydrogen-bond acceptors (Lipinski definition) is 6. The van der Waals surface area contributed by atoms with Crippen molar-refractivity contribution in [2.24, 2.45) is 5.10 Å². The lowest BCUT2D eigenvalue weighted by Crippen LogP contribution is -2.22. The van der Waals surface area contributed by atoms with Gasteiger partial charge in [-0.2, -0.15) is 15.4 Å². The summed E-state index contributed by atoms with van der Waals surface area (Å²) in [4.78, 5) is 38.3. The third-order valence-corrected chi connectivity index (χ3v) is 6.65. The second kappa shape index (κ2) is 12.1. The first kappa shape index (κ1) is 28.3. The average Bonchev–Trinajstić information content (AvgIpc) is 3.34. The maximum Gasteiger partial charge on any atom is 0.357 e. The number of carbonyl (C=O) groups excluding carboxylic acids is 1. The zero-order valence-electron chi connectivity index (χ0n) is 22.9. The minimum absolute atomic E-state index is 0.0266. The minimum Gasteiger partial charge on any atom is -0.477 e. The molecule has 210 valence electrons. The van der Waals surface area contributed by atoms with Gasteiger partial charge in [-0.25, -0.2) is 9.59 Å². The predicted molar refractivity (Wildman–Crippen MR) is 164 cm³/mol. The molecular weight excluding hydrogens is 544 g/mol. The summed E-state index contributed by atoms with van der Waals surface area (Å²) in [5, 5.41) is 33.1. The smallest absolute Gasteiger partial charge is 0.357 e. The van der Waals surface area contributed by atoms with Crippen molar-refractivity contribution in [3.63, 3.8) is 0 Å². The van der Waals surface area contributed by atoms with E-state index in [1.165, 1.54) is 12.2 Å². The summed E-state index contributed by atoms with van der Waals surface area (Å²) >= 11 is 0. The Bertz CT molecular complexity index is 1830. The Morgan fingerprint density at radius 2 is 1.35 bits per heavy atom. The number of nitriles is 1. The fourth-order valence-corrected chi connectivity index (χ4v) is 4.50. The Labute approximate surface area is 247 Å². The predicted octanol–water partition coefficient (Wildman–Crippen LogP) is 6.33. The number of carboxylic acid groups (broad SMARTS) is 2. The van der Waals surface area contributed by atoms with Gasteiger partial charge in [-0.05, 0) is 78.7 Å². The topological polar surface area (TPSA) is 134 Å². The van der Waals surface area contributed by atoms with Crippen molar-refractivity contribution in [2.45, 2.75) is 6.92 Å². The standard InChI is InChI=1S/C34H24N4O5/c1-22-7-13-26(14-8-22)37(27-15-9-23(10-16-27)19-25(21-35)33(40)41)28-17-11-24(12-18-28)20-30-31(34(42)43)36-38(32(30)39)29-5-3-2-4-6-29/h2-20H,1H3,(H,40,41)(H,42,43)/b25-19-,30-20+. The van der Waals surface area contributed by atoms with Crippen molar-refractivity contribution in [3.8, 4) is 6.07 Å². The molecule has 0 saturated carbocycles. The number of hydrazone groups is 1. The Kier molecular flexibility index (Phi) is 7.94. The van der Waals surface area contributed by atoms with Crippen molar-refractivity contribution in [3.05, 3.63) is 131 Å². The van der Waals surface area contributed by atoms with E-state index in [2.05, 4.69) is 5.10 Å². The van der Waals surface area contributed by atoms with Gasteiger partial charge in [0.2, 0.25) is 0 Å². The van der Waals surface area contributed by atoms with Crippen LogP contribution < -0.4 is 9.91 Å². The molecule has 4 aromatic carbocycles. The van der Waals surface area contributed by atoms with E-state index in [0.717, 1.165) is 27.6 Å². The lowest BCUT2D eigenvalue weighted by molar-refractivity contribution is -0.132. The number of carbonyl (C=O) groups is 3. The SMILES string of the molecule is Cc1ccc(N(c2ccc(/C=C(/C#N)C(=O)O)cc2)c2ccc(/C=C3/C(=O)N(c4ccccc4)N=C3C(=O)O)cc2)cc1. The van der Waals surface area contributed by atoms with E-state index in [9.17, 15) is 24.6 Å². The number of anilines is 4. The molecule has 0 aliphatic carbocycles. The molecule has 1 amide bonds. The summed E-state index contributed by atoms with van der Waals surface area (Å²) in [6.45, 7) is 1.99. The molecular formula is C34H24N4O5. The molecule has 1 aliphatic rings.